The molecular weight excluding hydrogens is 328 g/mol. The van der Waals surface area contributed by atoms with Gasteiger partial charge in [-0.3, -0.25) is 4.79 Å². The van der Waals surface area contributed by atoms with Crippen LogP contribution in [0.25, 0.3) is 0 Å². The van der Waals surface area contributed by atoms with Crippen molar-refractivity contribution in [1.29, 1.82) is 0 Å². The van der Waals surface area contributed by atoms with Crippen LogP contribution < -0.4 is 4.90 Å². The van der Waals surface area contributed by atoms with Crippen molar-refractivity contribution in [3.63, 3.8) is 0 Å². The largest absolute Gasteiger partial charge is 0.371 e. The van der Waals surface area contributed by atoms with E-state index in [1.54, 1.807) is 23.8 Å². The Hall–Kier alpha value is -2.13. The summed E-state index contributed by atoms with van der Waals surface area (Å²) in [5.74, 6) is 0.634. The first-order chi connectivity index (χ1) is 11.7. The number of hydrogen-bond donors (Lipinski definition) is 0. The normalized spacial score (nSPS) is 26.2. The zero-order chi connectivity index (χ0) is 16.6. The highest BCUT2D eigenvalue weighted by atomic mass is 32.1. The highest BCUT2D eigenvalue weighted by Crippen LogP contribution is 2.37. The average molecular weight is 346 g/mol. The summed E-state index contributed by atoms with van der Waals surface area (Å²) in [6, 6.07) is 2.01. The third kappa shape index (κ3) is 2.73. The number of likely N-dealkylation sites (tertiary alicyclic amines) is 1. The molecule has 0 N–H and O–H groups in total. The van der Waals surface area contributed by atoms with Crippen LogP contribution in [0.15, 0.2) is 23.8 Å². The minimum atomic E-state index is -0.271. The van der Waals surface area contributed by atoms with Gasteiger partial charge in [0, 0.05) is 37.8 Å². The molecule has 0 unspecified atom stereocenters. The van der Waals surface area contributed by atoms with E-state index < -0.39 is 0 Å². The summed E-state index contributed by atoms with van der Waals surface area (Å²) in [7, 11) is 1.99. The van der Waals surface area contributed by atoms with Gasteiger partial charge in [0.05, 0.1) is 24.8 Å². The molecule has 4 heterocycles. The van der Waals surface area contributed by atoms with Crippen molar-refractivity contribution in [3.05, 3.63) is 29.5 Å². The molecule has 9 heteroatoms. The van der Waals surface area contributed by atoms with E-state index in [-0.39, 0.29) is 17.6 Å². The number of aromatic nitrogens is 4. The fourth-order valence-electron chi connectivity index (χ4n) is 3.43. The third-order valence-corrected chi connectivity index (χ3v) is 5.29. The molecule has 0 aliphatic carbocycles. The van der Waals surface area contributed by atoms with Crippen LogP contribution in [0.3, 0.4) is 0 Å². The average Bonchev–Trinajstić information content (AvgIpc) is 3.37. The lowest BCUT2D eigenvalue weighted by Gasteiger charge is -2.25. The summed E-state index contributed by atoms with van der Waals surface area (Å²) in [6.07, 6.45) is 5.18. The van der Waals surface area contributed by atoms with Crippen molar-refractivity contribution in [3.8, 4) is 0 Å². The van der Waals surface area contributed by atoms with Crippen LogP contribution in [0.4, 0.5) is 5.95 Å². The number of likely N-dealkylation sites (N-methyl/N-ethyl adjacent to an activating group) is 1. The number of anilines is 1. The maximum absolute atomic E-state index is 12.4. The molecule has 1 spiro atoms. The Bertz CT molecular complexity index is 712. The van der Waals surface area contributed by atoms with Crippen molar-refractivity contribution in [1.82, 2.24) is 24.5 Å². The molecule has 4 rings (SSSR count). The van der Waals surface area contributed by atoms with Crippen molar-refractivity contribution in [2.24, 2.45) is 0 Å². The van der Waals surface area contributed by atoms with E-state index in [2.05, 4.69) is 24.5 Å². The molecule has 2 atom stereocenters. The summed E-state index contributed by atoms with van der Waals surface area (Å²) in [5, 5.41) is 5.56. The van der Waals surface area contributed by atoms with E-state index in [1.165, 1.54) is 11.5 Å². The second kappa shape index (κ2) is 6.06. The third-order valence-electron chi connectivity index (χ3n) is 4.79. The first kappa shape index (κ1) is 15.4. The first-order valence-electron chi connectivity index (χ1n) is 7.87. The molecule has 24 heavy (non-hydrogen) atoms. The van der Waals surface area contributed by atoms with Gasteiger partial charge in [0.15, 0.2) is 5.69 Å². The van der Waals surface area contributed by atoms with E-state index in [4.69, 9.17) is 4.74 Å². The van der Waals surface area contributed by atoms with Gasteiger partial charge in [-0.15, -0.1) is 5.10 Å². The van der Waals surface area contributed by atoms with Crippen LogP contribution in [0.2, 0.25) is 0 Å². The fourth-order valence-corrected chi connectivity index (χ4v) is 3.86. The topological polar surface area (TPSA) is 84.3 Å². The number of carbonyl (C=O) groups is 1. The number of ether oxygens (including phenoxy) is 1. The molecule has 0 aromatic carbocycles. The van der Waals surface area contributed by atoms with Gasteiger partial charge < -0.3 is 14.5 Å². The molecule has 2 saturated heterocycles. The highest BCUT2D eigenvalue weighted by Gasteiger charge is 2.48. The van der Waals surface area contributed by atoms with E-state index in [1.807, 2.05) is 11.9 Å². The molecule has 0 radical (unpaired) electrons. The minimum absolute atomic E-state index is 0.0626. The SMILES string of the molecule is CN(c1ncccn1)[C@@H]1CO[C@@]2(CCN(C(=O)c3csnn3)C2)C1. The minimum Gasteiger partial charge on any atom is -0.371 e. The second-order valence-electron chi connectivity index (χ2n) is 6.28. The zero-order valence-corrected chi connectivity index (χ0v) is 14.1. The Morgan fingerprint density at radius 3 is 3.04 bits per heavy atom. The summed E-state index contributed by atoms with van der Waals surface area (Å²) < 4.78 is 9.89. The Labute approximate surface area is 143 Å². The summed E-state index contributed by atoms with van der Waals surface area (Å²) in [6.45, 7) is 1.91. The molecule has 126 valence electrons. The van der Waals surface area contributed by atoms with Crippen LogP contribution in [0, 0.1) is 0 Å². The monoisotopic (exact) mass is 346 g/mol. The Kier molecular flexibility index (Phi) is 3.89. The van der Waals surface area contributed by atoms with Gasteiger partial charge in [0.2, 0.25) is 5.95 Å². The van der Waals surface area contributed by atoms with E-state index in [0.717, 1.165) is 12.8 Å². The van der Waals surface area contributed by atoms with Crippen LogP contribution in [0.5, 0.6) is 0 Å². The molecule has 0 saturated carbocycles. The second-order valence-corrected chi connectivity index (χ2v) is 6.89. The molecule has 2 fully saturated rings. The van der Waals surface area contributed by atoms with Gasteiger partial charge in [-0.25, -0.2) is 9.97 Å². The first-order valence-corrected chi connectivity index (χ1v) is 8.71. The standard InChI is InChI=1S/C15H18N6O2S/c1-20(14-16-4-2-5-17-14)11-7-15(23-8-11)3-6-21(10-15)13(22)12-9-24-19-18-12/h2,4-5,9,11H,3,6-8,10H2,1H3/t11-,15-/m0/s1. The van der Waals surface area contributed by atoms with Gasteiger partial charge >= 0.3 is 0 Å². The van der Waals surface area contributed by atoms with Gasteiger partial charge in [0.25, 0.3) is 5.91 Å². The van der Waals surface area contributed by atoms with Crippen LogP contribution in [-0.2, 0) is 4.74 Å². The van der Waals surface area contributed by atoms with Crippen molar-refractivity contribution < 1.29 is 9.53 Å². The molecular formula is C15H18N6O2S. The molecule has 1 amide bonds. The number of hydrogen-bond acceptors (Lipinski definition) is 8. The quantitative estimate of drug-likeness (QED) is 0.814. The lowest BCUT2D eigenvalue weighted by molar-refractivity contribution is 0.0122. The Balaban J connectivity index is 1.42. The van der Waals surface area contributed by atoms with Crippen molar-refractivity contribution in [2.75, 3.05) is 31.6 Å². The lowest BCUT2D eigenvalue weighted by atomic mass is 9.97. The highest BCUT2D eigenvalue weighted by molar-refractivity contribution is 7.03. The number of amides is 1. The molecule has 2 aliphatic heterocycles. The number of carbonyl (C=O) groups excluding carboxylic acids is 1. The maximum Gasteiger partial charge on any atom is 0.275 e. The smallest absolute Gasteiger partial charge is 0.275 e. The van der Waals surface area contributed by atoms with Gasteiger partial charge in [-0.2, -0.15) is 0 Å². The maximum atomic E-state index is 12.4. The van der Waals surface area contributed by atoms with Gasteiger partial charge in [0.1, 0.15) is 0 Å². The predicted octanol–water partition coefficient (Wildman–Crippen LogP) is 0.838. The van der Waals surface area contributed by atoms with E-state index >= 15 is 0 Å². The lowest BCUT2D eigenvalue weighted by Crippen LogP contribution is -2.38. The Morgan fingerprint density at radius 2 is 2.29 bits per heavy atom. The van der Waals surface area contributed by atoms with E-state index in [0.29, 0.717) is 31.3 Å². The van der Waals surface area contributed by atoms with Crippen molar-refractivity contribution in [2.45, 2.75) is 24.5 Å². The van der Waals surface area contributed by atoms with E-state index in [9.17, 15) is 4.79 Å². The van der Waals surface area contributed by atoms with Crippen LogP contribution in [0.1, 0.15) is 23.3 Å². The van der Waals surface area contributed by atoms with Crippen molar-refractivity contribution >= 4 is 23.4 Å². The van der Waals surface area contributed by atoms with Crippen LogP contribution in [-0.4, -0.2) is 68.7 Å². The van der Waals surface area contributed by atoms with Gasteiger partial charge in [-0.05, 0) is 24.0 Å². The molecule has 0 bridgehead atoms. The summed E-state index contributed by atoms with van der Waals surface area (Å²) >= 11 is 1.19. The molecule has 2 aliphatic rings. The number of rotatable bonds is 3. The summed E-state index contributed by atoms with van der Waals surface area (Å²) in [5.41, 5.74) is 0.147. The number of nitrogens with zero attached hydrogens (tertiary/aromatic N) is 6. The molecule has 8 nitrogen and oxygen atoms in total. The molecule has 2 aromatic heterocycles. The fraction of sp³-hybridized carbons (Fsp3) is 0.533. The van der Waals surface area contributed by atoms with Crippen LogP contribution >= 0.6 is 11.5 Å². The summed E-state index contributed by atoms with van der Waals surface area (Å²) in [4.78, 5) is 24.9. The van der Waals surface area contributed by atoms with Gasteiger partial charge in [-0.1, -0.05) is 4.49 Å². The predicted molar refractivity (Wildman–Crippen MR) is 88.0 cm³/mol. The Morgan fingerprint density at radius 1 is 1.46 bits per heavy atom. The zero-order valence-electron chi connectivity index (χ0n) is 13.3. The molecule has 2 aromatic rings.